The number of carbonyl (C=O) groups excluding carboxylic acids is 1. The fraction of sp³-hybridized carbons (Fsp3) is 0.688. The lowest BCUT2D eigenvalue weighted by Crippen LogP contribution is -2.34. The zero-order valence-electron chi connectivity index (χ0n) is 15.8. The topological polar surface area (TPSA) is 134 Å². The number of esters is 1. The van der Waals surface area contributed by atoms with Crippen LogP contribution in [-0.4, -0.2) is 49.0 Å². The number of aromatic nitrogens is 2. The molecule has 1 aromatic heterocycles. The molecule has 152 valence electrons. The van der Waals surface area contributed by atoms with Crippen LogP contribution in [0.1, 0.15) is 39.0 Å². The smallest absolute Gasteiger partial charge is 0.330 e. The molecule has 0 amide bonds. The van der Waals surface area contributed by atoms with Crippen LogP contribution in [0.3, 0.4) is 0 Å². The van der Waals surface area contributed by atoms with Gasteiger partial charge in [0.05, 0.1) is 11.7 Å². The summed E-state index contributed by atoms with van der Waals surface area (Å²) in [6.45, 7) is 6.34. The first-order chi connectivity index (χ1) is 12.3. The van der Waals surface area contributed by atoms with E-state index in [-0.39, 0.29) is 13.0 Å². The number of carbonyl (C=O) groups is 1. The van der Waals surface area contributed by atoms with E-state index in [1.54, 1.807) is 20.8 Å². The summed E-state index contributed by atoms with van der Waals surface area (Å²) in [6, 6.07) is 0. The Morgan fingerprint density at radius 2 is 2.00 bits per heavy atom. The maximum absolute atomic E-state index is 12.1. The molecule has 0 spiro atoms. The molecule has 1 unspecified atom stereocenters. The molecule has 0 aromatic carbocycles. The van der Waals surface area contributed by atoms with Crippen molar-refractivity contribution in [1.82, 2.24) is 9.55 Å². The highest BCUT2D eigenvalue weighted by Gasteiger charge is 2.41. The highest BCUT2D eigenvalue weighted by Crippen LogP contribution is 2.31. The number of hydrogen-bond donors (Lipinski definition) is 1. The van der Waals surface area contributed by atoms with Crippen molar-refractivity contribution in [2.45, 2.75) is 52.6 Å². The van der Waals surface area contributed by atoms with Gasteiger partial charge < -0.3 is 9.47 Å². The van der Waals surface area contributed by atoms with E-state index >= 15 is 0 Å². The minimum Gasteiger partial charge on any atom is -0.462 e. The Hall–Kier alpha value is -1.98. The van der Waals surface area contributed by atoms with Crippen molar-refractivity contribution in [2.24, 2.45) is 5.41 Å². The Labute approximate surface area is 156 Å². The van der Waals surface area contributed by atoms with Gasteiger partial charge in [0.1, 0.15) is 25.0 Å². The molecule has 1 aliphatic rings. The van der Waals surface area contributed by atoms with Crippen LogP contribution in [0.4, 0.5) is 0 Å². The van der Waals surface area contributed by atoms with E-state index in [1.165, 1.54) is 13.1 Å². The molecule has 1 fully saturated rings. The van der Waals surface area contributed by atoms with Gasteiger partial charge in [0, 0.05) is 18.2 Å². The number of hydrogen-bond acceptors (Lipinski definition) is 8. The molecule has 1 N–H and O–H groups in total. The second kappa shape index (κ2) is 7.56. The molecule has 1 aliphatic heterocycles. The van der Waals surface area contributed by atoms with E-state index in [0.29, 0.717) is 5.56 Å². The molecule has 3 atom stereocenters. The van der Waals surface area contributed by atoms with E-state index in [2.05, 4.69) is 4.98 Å². The van der Waals surface area contributed by atoms with E-state index in [0.717, 1.165) is 10.8 Å². The minimum atomic E-state index is -3.80. The van der Waals surface area contributed by atoms with E-state index in [9.17, 15) is 22.8 Å². The summed E-state index contributed by atoms with van der Waals surface area (Å²) in [4.78, 5) is 37.7. The number of aryl methyl sites for hydroxylation is 1. The van der Waals surface area contributed by atoms with E-state index in [4.69, 9.17) is 13.7 Å². The normalized spacial score (nSPS) is 23.4. The van der Waals surface area contributed by atoms with Gasteiger partial charge in [-0.15, -0.1) is 0 Å². The third-order valence-corrected chi connectivity index (χ3v) is 4.52. The third-order valence-electron chi connectivity index (χ3n) is 3.93. The zero-order valence-corrected chi connectivity index (χ0v) is 16.7. The van der Waals surface area contributed by atoms with E-state index < -0.39 is 51.2 Å². The van der Waals surface area contributed by atoms with Gasteiger partial charge >= 0.3 is 11.7 Å². The van der Waals surface area contributed by atoms with Crippen molar-refractivity contribution >= 4 is 16.1 Å². The van der Waals surface area contributed by atoms with Crippen LogP contribution < -0.4 is 11.2 Å². The second-order valence-corrected chi connectivity index (χ2v) is 9.13. The Kier molecular flexibility index (Phi) is 5.97. The average Bonchev–Trinajstić information content (AvgIpc) is 2.88. The Bertz CT molecular complexity index is 925. The lowest BCUT2D eigenvalue weighted by molar-refractivity contribution is -0.158. The molecule has 1 aromatic rings. The lowest BCUT2D eigenvalue weighted by Gasteiger charge is -2.21. The molecule has 0 bridgehead atoms. The van der Waals surface area contributed by atoms with Gasteiger partial charge in [-0.2, -0.15) is 8.42 Å². The van der Waals surface area contributed by atoms with Crippen molar-refractivity contribution in [3.8, 4) is 0 Å². The SMILES string of the molecule is Cc1cn([C@H]2CC(OS(C)(=O)=O)[C@@H](COC(=O)C(C)(C)C)O2)c(=O)[nH]c1=O. The molecule has 2 heterocycles. The summed E-state index contributed by atoms with van der Waals surface area (Å²) in [5.41, 5.74) is -1.66. The zero-order chi connectivity index (χ0) is 20.6. The van der Waals surface area contributed by atoms with Crippen LogP contribution in [0.25, 0.3) is 0 Å². The molecular formula is C16H24N2O8S. The quantitative estimate of drug-likeness (QED) is 0.538. The third kappa shape index (κ3) is 5.50. The first-order valence-electron chi connectivity index (χ1n) is 8.31. The van der Waals surface area contributed by atoms with Crippen LogP contribution >= 0.6 is 0 Å². The minimum absolute atomic E-state index is 0.0240. The standard InChI is InChI=1S/C16H24N2O8S/c1-9-7-18(15(21)17-13(9)19)12-6-10(26-27(5,22)23)11(25-12)8-24-14(20)16(2,3)4/h7,10-12H,6,8H2,1-5H3,(H,17,19,21)/t10?,11-,12-/m1/s1. The Balaban J connectivity index is 2.24. The maximum Gasteiger partial charge on any atom is 0.330 e. The predicted molar refractivity (Wildman–Crippen MR) is 94.7 cm³/mol. The molecule has 0 radical (unpaired) electrons. The number of nitrogens with zero attached hydrogens (tertiary/aromatic N) is 1. The molecule has 0 aliphatic carbocycles. The van der Waals surface area contributed by atoms with Crippen molar-refractivity contribution < 1.29 is 26.9 Å². The summed E-state index contributed by atoms with van der Waals surface area (Å²) in [7, 11) is -3.80. The van der Waals surface area contributed by atoms with Crippen LogP contribution in [0.15, 0.2) is 15.8 Å². The number of aromatic amines is 1. The fourth-order valence-electron chi connectivity index (χ4n) is 2.52. The average molecular weight is 404 g/mol. The van der Waals surface area contributed by atoms with Crippen molar-refractivity contribution in [1.29, 1.82) is 0 Å². The molecule has 1 saturated heterocycles. The monoisotopic (exact) mass is 404 g/mol. The van der Waals surface area contributed by atoms with Gasteiger partial charge in [-0.05, 0) is 27.7 Å². The second-order valence-electron chi connectivity index (χ2n) is 7.53. The van der Waals surface area contributed by atoms with Gasteiger partial charge in [-0.3, -0.25) is 23.3 Å². The van der Waals surface area contributed by atoms with Gasteiger partial charge in [0.15, 0.2) is 0 Å². The van der Waals surface area contributed by atoms with Gasteiger partial charge in [0.2, 0.25) is 0 Å². The fourth-order valence-corrected chi connectivity index (χ4v) is 3.17. The van der Waals surface area contributed by atoms with Crippen LogP contribution in [0.5, 0.6) is 0 Å². The summed E-state index contributed by atoms with van der Waals surface area (Å²) in [5.74, 6) is -0.482. The Morgan fingerprint density at radius 1 is 1.37 bits per heavy atom. The Morgan fingerprint density at radius 3 is 2.56 bits per heavy atom. The number of H-pyrrole nitrogens is 1. The number of ether oxygens (including phenoxy) is 2. The summed E-state index contributed by atoms with van der Waals surface area (Å²) in [5, 5.41) is 0. The summed E-state index contributed by atoms with van der Waals surface area (Å²) < 4.78 is 40.2. The number of nitrogens with one attached hydrogen (secondary N) is 1. The molecule has 10 nitrogen and oxygen atoms in total. The van der Waals surface area contributed by atoms with Crippen LogP contribution in [-0.2, 0) is 28.6 Å². The first-order valence-corrected chi connectivity index (χ1v) is 10.1. The van der Waals surface area contributed by atoms with Gasteiger partial charge in [0.25, 0.3) is 15.7 Å². The maximum atomic E-state index is 12.1. The highest BCUT2D eigenvalue weighted by atomic mass is 32.2. The molecule has 0 saturated carbocycles. The summed E-state index contributed by atoms with van der Waals surface area (Å²) in [6.07, 6.45) is -0.469. The van der Waals surface area contributed by atoms with Crippen LogP contribution in [0.2, 0.25) is 0 Å². The highest BCUT2D eigenvalue weighted by molar-refractivity contribution is 7.86. The predicted octanol–water partition coefficient (Wildman–Crippen LogP) is 0.0666. The lowest BCUT2D eigenvalue weighted by atomic mass is 9.97. The van der Waals surface area contributed by atoms with Crippen molar-refractivity contribution in [2.75, 3.05) is 12.9 Å². The number of rotatable bonds is 5. The molecule has 2 rings (SSSR count). The van der Waals surface area contributed by atoms with Crippen molar-refractivity contribution in [3.05, 3.63) is 32.6 Å². The molecule has 27 heavy (non-hydrogen) atoms. The van der Waals surface area contributed by atoms with E-state index in [1.807, 2.05) is 0 Å². The van der Waals surface area contributed by atoms with Crippen molar-refractivity contribution in [3.63, 3.8) is 0 Å². The van der Waals surface area contributed by atoms with Crippen LogP contribution in [0, 0.1) is 12.3 Å². The van der Waals surface area contributed by atoms with Gasteiger partial charge in [-0.1, -0.05) is 0 Å². The first kappa shape index (κ1) is 21.3. The van der Waals surface area contributed by atoms with Gasteiger partial charge in [-0.25, -0.2) is 4.79 Å². The summed E-state index contributed by atoms with van der Waals surface area (Å²) >= 11 is 0. The molecular weight excluding hydrogens is 380 g/mol. The largest absolute Gasteiger partial charge is 0.462 e. The molecule has 11 heteroatoms.